The van der Waals surface area contributed by atoms with Gasteiger partial charge in [-0.05, 0) is 24.1 Å². The lowest BCUT2D eigenvalue weighted by Gasteiger charge is -2.22. The van der Waals surface area contributed by atoms with Crippen LogP contribution in [0.4, 0.5) is 19.0 Å². The van der Waals surface area contributed by atoms with Gasteiger partial charge in [0.2, 0.25) is 0 Å². The van der Waals surface area contributed by atoms with Gasteiger partial charge in [0.1, 0.15) is 12.4 Å². The van der Waals surface area contributed by atoms with Crippen molar-refractivity contribution in [1.29, 1.82) is 0 Å². The number of halogens is 3. The Labute approximate surface area is 111 Å². The Morgan fingerprint density at radius 2 is 2.00 bits per heavy atom. The van der Waals surface area contributed by atoms with E-state index in [1.165, 1.54) is 7.05 Å². The maximum atomic E-state index is 12.3. The zero-order valence-electron chi connectivity index (χ0n) is 11.7. The predicted molar refractivity (Wildman–Crippen MR) is 70.3 cm³/mol. The Kier molecular flexibility index (Phi) is 5.17. The predicted octanol–water partition coefficient (Wildman–Crippen LogP) is 2.89. The molecule has 0 radical (unpaired) electrons. The Morgan fingerprint density at radius 1 is 1.37 bits per heavy atom. The smallest absolute Gasteiger partial charge is 0.350 e. The topological polar surface area (TPSA) is 28.2 Å². The first-order valence-corrected chi connectivity index (χ1v) is 6.16. The van der Waals surface area contributed by atoms with Gasteiger partial charge in [0.05, 0.1) is 0 Å². The lowest BCUT2D eigenvalue weighted by Crippen LogP contribution is -2.32. The highest BCUT2D eigenvalue weighted by molar-refractivity contribution is 5.46. The zero-order valence-corrected chi connectivity index (χ0v) is 11.7. The molecule has 0 fully saturated rings. The Morgan fingerprint density at radius 3 is 2.47 bits per heavy atom. The molecule has 3 nitrogen and oxygen atoms in total. The molecule has 0 saturated heterocycles. The van der Waals surface area contributed by atoms with Crippen LogP contribution in [0.15, 0.2) is 12.3 Å². The monoisotopic (exact) mass is 275 g/mol. The summed E-state index contributed by atoms with van der Waals surface area (Å²) in [6.45, 7) is 5.50. The fourth-order valence-electron chi connectivity index (χ4n) is 1.79. The summed E-state index contributed by atoms with van der Waals surface area (Å²) >= 11 is 0. The summed E-state index contributed by atoms with van der Waals surface area (Å²) in [7, 11) is 1.40. The molecule has 0 bridgehead atoms. The number of rotatable bonds is 5. The van der Waals surface area contributed by atoms with Crippen molar-refractivity contribution in [3.63, 3.8) is 0 Å². The Balaban J connectivity index is 2.76. The molecule has 0 aliphatic heterocycles. The largest absolute Gasteiger partial charge is 0.405 e. The molecular formula is C13H20F3N3. The maximum absolute atomic E-state index is 12.3. The normalized spacial score (nSPS) is 12.0. The number of aromatic nitrogens is 1. The minimum absolute atomic E-state index is 0.355. The standard InChI is InChI=1S/C13H20F3N3/c1-9(2)17-6-11-5-10(3)12(18-7-11)19(4)8-13(14,15)16/h5,7,9,17H,6,8H2,1-4H3. The fourth-order valence-corrected chi connectivity index (χ4v) is 1.79. The number of hydrogen-bond donors (Lipinski definition) is 1. The van der Waals surface area contributed by atoms with Crippen LogP contribution in [0.25, 0.3) is 0 Å². The SMILES string of the molecule is Cc1cc(CNC(C)C)cnc1N(C)CC(F)(F)F. The summed E-state index contributed by atoms with van der Waals surface area (Å²) in [5, 5.41) is 3.24. The zero-order chi connectivity index (χ0) is 14.6. The van der Waals surface area contributed by atoms with Crippen LogP contribution in [-0.4, -0.2) is 30.8 Å². The van der Waals surface area contributed by atoms with Crippen LogP contribution in [0.5, 0.6) is 0 Å². The van der Waals surface area contributed by atoms with Crippen LogP contribution in [-0.2, 0) is 6.54 Å². The number of pyridine rings is 1. The van der Waals surface area contributed by atoms with Crippen molar-refractivity contribution in [1.82, 2.24) is 10.3 Å². The van der Waals surface area contributed by atoms with Crippen molar-refractivity contribution in [2.45, 2.75) is 39.5 Å². The quantitative estimate of drug-likeness (QED) is 0.895. The Bertz CT molecular complexity index is 416. The molecule has 6 heteroatoms. The van der Waals surface area contributed by atoms with Crippen molar-refractivity contribution in [3.05, 3.63) is 23.4 Å². The molecule has 1 aromatic rings. The summed E-state index contributed by atoms with van der Waals surface area (Å²) in [6.07, 6.45) is -2.61. The van der Waals surface area contributed by atoms with Crippen molar-refractivity contribution in [3.8, 4) is 0 Å². The van der Waals surface area contributed by atoms with Gasteiger partial charge in [0.15, 0.2) is 0 Å². The third kappa shape index (κ3) is 5.46. The van der Waals surface area contributed by atoms with Crippen LogP contribution in [0, 0.1) is 6.92 Å². The van der Waals surface area contributed by atoms with Gasteiger partial charge in [0.25, 0.3) is 0 Å². The molecular weight excluding hydrogens is 255 g/mol. The molecule has 1 N–H and O–H groups in total. The van der Waals surface area contributed by atoms with Gasteiger partial charge in [-0.25, -0.2) is 4.98 Å². The van der Waals surface area contributed by atoms with E-state index < -0.39 is 12.7 Å². The van der Waals surface area contributed by atoms with Gasteiger partial charge < -0.3 is 10.2 Å². The molecule has 1 aromatic heterocycles. The van der Waals surface area contributed by atoms with E-state index in [2.05, 4.69) is 10.3 Å². The molecule has 0 spiro atoms. The van der Waals surface area contributed by atoms with Crippen LogP contribution in [0.3, 0.4) is 0 Å². The number of nitrogens with zero attached hydrogens (tertiary/aromatic N) is 2. The van der Waals surface area contributed by atoms with Gasteiger partial charge in [-0.1, -0.05) is 13.8 Å². The highest BCUT2D eigenvalue weighted by atomic mass is 19.4. The molecule has 108 valence electrons. The molecule has 1 heterocycles. The molecule has 0 saturated carbocycles. The van der Waals surface area contributed by atoms with Gasteiger partial charge >= 0.3 is 6.18 Å². The van der Waals surface area contributed by atoms with Crippen molar-refractivity contribution < 1.29 is 13.2 Å². The second-order valence-electron chi connectivity index (χ2n) is 4.99. The average molecular weight is 275 g/mol. The average Bonchev–Trinajstić information content (AvgIpc) is 2.23. The van der Waals surface area contributed by atoms with Gasteiger partial charge in [-0.2, -0.15) is 13.2 Å². The molecule has 0 aliphatic carbocycles. The molecule has 0 amide bonds. The van der Waals surface area contributed by atoms with E-state index in [0.717, 1.165) is 16.0 Å². The second-order valence-corrected chi connectivity index (χ2v) is 4.99. The molecule has 0 aromatic carbocycles. The first-order valence-electron chi connectivity index (χ1n) is 6.16. The minimum Gasteiger partial charge on any atom is -0.350 e. The number of anilines is 1. The van der Waals surface area contributed by atoms with E-state index in [1.54, 1.807) is 13.1 Å². The number of hydrogen-bond acceptors (Lipinski definition) is 3. The molecule has 0 aliphatic rings. The van der Waals surface area contributed by atoms with Crippen molar-refractivity contribution in [2.24, 2.45) is 0 Å². The lowest BCUT2D eigenvalue weighted by atomic mass is 10.2. The minimum atomic E-state index is -4.22. The third-order valence-corrected chi connectivity index (χ3v) is 2.60. The summed E-state index contributed by atoms with van der Waals surface area (Å²) in [4.78, 5) is 5.25. The third-order valence-electron chi connectivity index (χ3n) is 2.60. The van der Waals surface area contributed by atoms with Crippen LogP contribution in [0.1, 0.15) is 25.0 Å². The van der Waals surface area contributed by atoms with Gasteiger partial charge in [-0.15, -0.1) is 0 Å². The van der Waals surface area contributed by atoms with Crippen LogP contribution >= 0.6 is 0 Å². The lowest BCUT2D eigenvalue weighted by molar-refractivity contribution is -0.119. The van der Waals surface area contributed by atoms with Crippen LogP contribution in [0.2, 0.25) is 0 Å². The Hall–Kier alpha value is -1.30. The molecule has 0 atom stereocenters. The van der Waals surface area contributed by atoms with Crippen LogP contribution < -0.4 is 10.2 Å². The first-order chi connectivity index (χ1) is 8.69. The number of nitrogens with one attached hydrogen (secondary N) is 1. The van der Waals surface area contributed by atoms with E-state index in [-0.39, 0.29) is 0 Å². The summed E-state index contributed by atoms with van der Waals surface area (Å²) < 4.78 is 37.0. The first kappa shape index (κ1) is 15.8. The van der Waals surface area contributed by atoms with E-state index in [9.17, 15) is 13.2 Å². The number of alkyl halides is 3. The van der Waals surface area contributed by atoms with E-state index in [4.69, 9.17) is 0 Å². The van der Waals surface area contributed by atoms with Gasteiger partial charge in [-0.3, -0.25) is 0 Å². The number of aryl methyl sites for hydroxylation is 1. The van der Waals surface area contributed by atoms with Gasteiger partial charge in [0, 0.05) is 25.8 Å². The summed E-state index contributed by atoms with van der Waals surface area (Å²) in [5.41, 5.74) is 1.71. The maximum Gasteiger partial charge on any atom is 0.405 e. The fraction of sp³-hybridized carbons (Fsp3) is 0.615. The highest BCUT2D eigenvalue weighted by Gasteiger charge is 2.30. The summed E-state index contributed by atoms with van der Waals surface area (Å²) in [6, 6.07) is 2.22. The van der Waals surface area contributed by atoms with Crippen molar-refractivity contribution >= 4 is 5.82 Å². The summed E-state index contributed by atoms with van der Waals surface area (Å²) in [5.74, 6) is 0.366. The second kappa shape index (κ2) is 6.23. The van der Waals surface area contributed by atoms with E-state index in [1.807, 2.05) is 19.9 Å². The molecule has 1 rings (SSSR count). The van der Waals surface area contributed by atoms with Crippen molar-refractivity contribution in [2.75, 3.05) is 18.5 Å². The highest BCUT2D eigenvalue weighted by Crippen LogP contribution is 2.22. The molecule has 0 unspecified atom stereocenters. The van der Waals surface area contributed by atoms with E-state index >= 15 is 0 Å². The molecule has 19 heavy (non-hydrogen) atoms. The van der Waals surface area contributed by atoms with E-state index in [0.29, 0.717) is 18.4 Å².